The fourth-order valence-corrected chi connectivity index (χ4v) is 4.55. The molecule has 2 aromatic carbocycles. The Morgan fingerprint density at radius 1 is 1.07 bits per heavy atom. The van der Waals surface area contributed by atoms with E-state index in [1.54, 1.807) is 20.8 Å². The minimum Gasteiger partial charge on any atom is -0.495 e. The molecule has 0 aliphatic heterocycles. The Morgan fingerprint density at radius 3 is 2.27 bits per heavy atom. The van der Waals surface area contributed by atoms with Gasteiger partial charge in [-0.1, -0.05) is 18.2 Å². The average Bonchev–Trinajstić information content (AvgIpc) is 2.64. The molecule has 2 N–H and O–H groups in total. The molecule has 164 valence electrons. The second kappa shape index (κ2) is 9.49. The Kier molecular flexibility index (Phi) is 7.49. The molecule has 2 aromatic rings. The van der Waals surface area contributed by atoms with Gasteiger partial charge in [-0.2, -0.15) is 0 Å². The molecule has 8 heteroatoms. The van der Waals surface area contributed by atoms with Crippen molar-refractivity contribution in [2.24, 2.45) is 0 Å². The summed E-state index contributed by atoms with van der Waals surface area (Å²) in [5.74, 6) is 0.578. The summed E-state index contributed by atoms with van der Waals surface area (Å²) in [5.41, 5.74) is 1.60. The lowest BCUT2D eigenvalue weighted by Gasteiger charge is -2.21. The van der Waals surface area contributed by atoms with Gasteiger partial charge < -0.3 is 14.8 Å². The van der Waals surface area contributed by atoms with Crippen LogP contribution in [-0.2, 0) is 10.0 Å². The van der Waals surface area contributed by atoms with Crippen molar-refractivity contribution in [3.8, 4) is 11.5 Å². The maximum atomic E-state index is 12.7. The molecule has 0 unspecified atom stereocenters. The molecule has 30 heavy (non-hydrogen) atoms. The number of ether oxygens (including phenoxy) is 2. The van der Waals surface area contributed by atoms with Gasteiger partial charge in [-0.15, -0.1) is 0 Å². The number of sulfonamides is 1. The Hall–Kier alpha value is -2.58. The highest BCUT2D eigenvalue weighted by molar-refractivity contribution is 7.89. The lowest BCUT2D eigenvalue weighted by atomic mass is 10.1. The minimum absolute atomic E-state index is 0.0839. The minimum atomic E-state index is -3.87. The fraction of sp³-hybridized carbons (Fsp3) is 0.409. The number of amides is 1. The maximum Gasteiger partial charge on any atom is 0.251 e. The highest BCUT2D eigenvalue weighted by atomic mass is 32.2. The van der Waals surface area contributed by atoms with Crippen LogP contribution < -0.4 is 19.5 Å². The molecule has 0 aromatic heterocycles. The highest BCUT2D eigenvalue weighted by Crippen LogP contribution is 2.26. The monoisotopic (exact) mass is 434 g/mol. The van der Waals surface area contributed by atoms with Crippen molar-refractivity contribution < 1.29 is 22.7 Å². The van der Waals surface area contributed by atoms with Crippen LogP contribution >= 0.6 is 0 Å². The van der Waals surface area contributed by atoms with E-state index in [4.69, 9.17) is 9.47 Å². The van der Waals surface area contributed by atoms with E-state index >= 15 is 0 Å². The molecule has 0 heterocycles. The number of carbonyl (C=O) groups is 1. The normalized spacial score (nSPS) is 11.8. The summed E-state index contributed by atoms with van der Waals surface area (Å²) in [4.78, 5) is 12.4. The van der Waals surface area contributed by atoms with Crippen LogP contribution in [0.25, 0.3) is 0 Å². The molecule has 0 fully saturated rings. The molecule has 0 bridgehead atoms. The van der Waals surface area contributed by atoms with Crippen LogP contribution in [0, 0.1) is 13.8 Å². The van der Waals surface area contributed by atoms with Crippen molar-refractivity contribution in [3.05, 3.63) is 53.1 Å². The van der Waals surface area contributed by atoms with Crippen molar-refractivity contribution in [1.82, 2.24) is 10.0 Å². The van der Waals surface area contributed by atoms with Crippen molar-refractivity contribution in [1.29, 1.82) is 0 Å². The van der Waals surface area contributed by atoms with Gasteiger partial charge in [-0.05, 0) is 63.9 Å². The molecule has 0 radical (unpaired) electrons. The first-order chi connectivity index (χ1) is 13.9. The van der Waals surface area contributed by atoms with Crippen molar-refractivity contribution in [3.63, 3.8) is 0 Å². The van der Waals surface area contributed by atoms with E-state index < -0.39 is 21.5 Å². The summed E-state index contributed by atoms with van der Waals surface area (Å²) in [5, 5.41) is 2.75. The van der Waals surface area contributed by atoms with Crippen LogP contribution in [0.15, 0.2) is 41.3 Å². The number of hydrogen-bond acceptors (Lipinski definition) is 5. The lowest BCUT2D eigenvalue weighted by molar-refractivity contribution is 0.0946. The van der Waals surface area contributed by atoms with E-state index in [9.17, 15) is 13.2 Å². The first-order valence-corrected chi connectivity index (χ1v) is 11.1. The van der Waals surface area contributed by atoms with Crippen LogP contribution in [0.3, 0.4) is 0 Å². The molecule has 0 saturated carbocycles. The molecule has 1 amide bonds. The molecular formula is C22H30N2O5S. The van der Waals surface area contributed by atoms with Gasteiger partial charge in [0.05, 0.1) is 13.7 Å². The first kappa shape index (κ1) is 23.7. The number of methoxy groups -OCH3 is 1. The number of nitrogens with one attached hydrogen (secondary N) is 2. The highest BCUT2D eigenvalue weighted by Gasteiger charge is 2.26. The second-order valence-corrected chi connectivity index (χ2v) is 9.70. The van der Waals surface area contributed by atoms with Gasteiger partial charge in [0.15, 0.2) is 0 Å². The van der Waals surface area contributed by atoms with E-state index in [2.05, 4.69) is 10.0 Å². The number of benzene rings is 2. The van der Waals surface area contributed by atoms with E-state index in [1.807, 2.05) is 32.0 Å². The Bertz CT molecular complexity index is 990. The van der Waals surface area contributed by atoms with E-state index in [0.717, 1.165) is 16.9 Å². The third-order valence-corrected chi connectivity index (χ3v) is 5.98. The van der Waals surface area contributed by atoms with Crippen molar-refractivity contribution >= 4 is 15.9 Å². The number of carbonyl (C=O) groups excluding carboxylic acids is 1. The predicted molar refractivity (Wildman–Crippen MR) is 117 cm³/mol. The zero-order valence-corrected chi connectivity index (χ0v) is 19.1. The van der Waals surface area contributed by atoms with Gasteiger partial charge in [-0.25, -0.2) is 13.1 Å². The van der Waals surface area contributed by atoms with Gasteiger partial charge in [0.1, 0.15) is 23.0 Å². The van der Waals surface area contributed by atoms with Crippen molar-refractivity contribution in [2.45, 2.75) is 45.1 Å². The summed E-state index contributed by atoms with van der Waals surface area (Å²) >= 11 is 0. The molecule has 0 aliphatic carbocycles. The number of aryl methyl sites for hydroxylation is 2. The third kappa shape index (κ3) is 6.21. The first-order valence-electron chi connectivity index (χ1n) is 9.64. The maximum absolute atomic E-state index is 12.7. The number of para-hydroxylation sites is 1. The van der Waals surface area contributed by atoms with Crippen LogP contribution in [-0.4, -0.2) is 40.1 Å². The second-order valence-electron chi connectivity index (χ2n) is 8.05. The van der Waals surface area contributed by atoms with Crippen molar-refractivity contribution in [2.75, 3.05) is 20.3 Å². The molecule has 7 nitrogen and oxygen atoms in total. The zero-order chi connectivity index (χ0) is 22.5. The van der Waals surface area contributed by atoms with Crippen LogP contribution in [0.1, 0.15) is 42.3 Å². The Labute approximate surface area is 178 Å². The summed E-state index contributed by atoms with van der Waals surface area (Å²) in [7, 11) is -2.48. The number of hydrogen-bond donors (Lipinski definition) is 2. The molecule has 0 saturated heterocycles. The SMILES string of the molecule is COc1ccc(C(=O)NCCOc2c(C)cccc2C)cc1S(=O)(=O)NC(C)(C)C. The van der Waals surface area contributed by atoms with Gasteiger partial charge in [0, 0.05) is 11.1 Å². The summed E-state index contributed by atoms with van der Waals surface area (Å²) in [6, 6.07) is 10.2. The van der Waals surface area contributed by atoms with E-state index in [1.165, 1.54) is 25.3 Å². The zero-order valence-electron chi connectivity index (χ0n) is 18.3. The van der Waals surface area contributed by atoms with E-state index in [-0.39, 0.29) is 22.8 Å². The van der Waals surface area contributed by atoms with Crippen LogP contribution in [0.4, 0.5) is 0 Å². The molecule has 2 rings (SSSR count). The van der Waals surface area contributed by atoms with Crippen LogP contribution in [0.5, 0.6) is 11.5 Å². The van der Waals surface area contributed by atoms with Gasteiger partial charge in [0.2, 0.25) is 10.0 Å². The van der Waals surface area contributed by atoms with Gasteiger partial charge in [0.25, 0.3) is 5.91 Å². The lowest BCUT2D eigenvalue weighted by Crippen LogP contribution is -2.40. The average molecular weight is 435 g/mol. The van der Waals surface area contributed by atoms with E-state index in [0.29, 0.717) is 6.61 Å². The smallest absolute Gasteiger partial charge is 0.251 e. The summed E-state index contributed by atoms with van der Waals surface area (Å²) in [6.45, 7) is 9.72. The topological polar surface area (TPSA) is 93.7 Å². The quantitative estimate of drug-likeness (QED) is 0.623. The molecule has 0 spiro atoms. The number of rotatable bonds is 8. The Balaban J connectivity index is 2.09. The third-order valence-electron chi connectivity index (χ3n) is 4.20. The summed E-state index contributed by atoms with van der Waals surface area (Å²) < 4.78 is 39.0. The Morgan fingerprint density at radius 2 is 1.70 bits per heavy atom. The fourth-order valence-electron chi connectivity index (χ4n) is 2.93. The van der Waals surface area contributed by atoms with Gasteiger partial charge in [-0.3, -0.25) is 4.79 Å². The van der Waals surface area contributed by atoms with Crippen LogP contribution in [0.2, 0.25) is 0 Å². The molecule has 0 aliphatic rings. The predicted octanol–water partition coefficient (Wildman–Crippen LogP) is 3.20. The standard InChI is InChI=1S/C22H30N2O5S/c1-15-8-7-9-16(2)20(15)29-13-12-23-21(25)17-10-11-18(28-6)19(14-17)30(26,27)24-22(3,4)5/h7-11,14,24H,12-13H2,1-6H3,(H,23,25). The molecule has 0 atom stereocenters. The summed E-state index contributed by atoms with van der Waals surface area (Å²) in [6.07, 6.45) is 0. The molecular weight excluding hydrogens is 404 g/mol. The van der Waals surface area contributed by atoms with Gasteiger partial charge >= 0.3 is 0 Å². The largest absolute Gasteiger partial charge is 0.495 e.